The van der Waals surface area contributed by atoms with E-state index in [1.165, 1.54) is 0 Å². The predicted molar refractivity (Wildman–Crippen MR) is 89.2 cm³/mol. The van der Waals surface area contributed by atoms with Crippen molar-refractivity contribution in [3.8, 4) is 0 Å². The number of benzene rings is 2. The Bertz CT molecular complexity index is 659. The molecule has 3 nitrogen and oxygen atoms in total. The Morgan fingerprint density at radius 3 is 2.10 bits per heavy atom. The summed E-state index contributed by atoms with van der Waals surface area (Å²) >= 11 is 3.29. The molecule has 0 saturated carbocycles. The maximum absolute atomic E-state index is 12.4. The maximum Gasteiger partial charge on any atom is 0.192 e. The van der Waals surface area contributed by atoms with Crippen LogP contribution < -0.4 is 5.32 Å². The Labute approximate surface area is 134 Å². The molecule has 0 fully saturated rings. The Morgan fingerprint density at radius 1 is 1.00 bits per heavy atom. The molecular formula is C16H18BrNO2S. The first-order valence-electron chi connectivity index (χ1n) is 6.73. The van der Waals surface area contributed by atoms with E-state index >= 15 is 0 Å². The van der Waals surface area contributed by atoms with Crippen molar-refractivity contribution >= 4 is 25.8 Å². The molecule has 0 saturated heterocycles. The highest BCUT2D eigenvalue weighted by Crippen LogP contribution is 2.20. The lowest BCUT2D eigenvalue weighted by Gasteiger charge is -2.17. The molecule has 0 bridgehead atoms. The van der Waals surface area contributed by atoms with Crippen molar-refractivity contribution in [1.29, 1.82) is 0 Å². The number of hydrogen-bond acceptors (Lipinski definition) is 3. The molecular weight excluding hydrogens is 350 g/mol. The van der Waals surface area contributed by atoms with Crippen LogP contribution in [0.4, 0.5) is 0 Å². The van der Waals surface area contributed by atoms with Gasteiger partial charge in [-0.15, -0.1) is 0 Å². The van der Waals surface area contributed by atoms with Gasteiger partial charge in [0.2, 0.25) is 0 Å². The van der Waals surface area contributed by atoms with E-state index in [0.29, 0.717) is 11.4 Å². The second-order valence-electron chi connectivity index (χ2n) is 4.81. The minimum atomic E-state index is -3.36. The molecule has 112 valence electrons. The second kappa shape index (κ2) is 7.20. The van der Waals surface area contributed by atoms with Gasteiger partial charge in [0.15, 0.2) is 9.84 Å². The highest BCUT2D eigenvalue weighted by Gasteiger charge is 2.24. The Kier molecular flexibility index (Phi) is 5.56. The summed E-state index contributed by atoms with van der Waals surface area (Å²) in [5.74, 6) is 0. The average Bonchev–Trinajstić information content (AvgIpc) is 2.53. The van der Waals surface area contributed by atoms with Gasteiger partial charge in [-0.2, -0.15) is 0 Å². The summed E-state index contributed by atoms with van der Waals surface area (Å²) in [4.78, 5) is 0.334. The van der Waals surface area contributed by atoms with Gasteiger partial charge in [0.1, 0.15) is 4.16 Å². The summed E-state index contributed by atoms with van der Waals surface area (Å²) < 4.78 is 24.1. The van der Waals surface area contributed by atoms with Gasteiger partial charge < -0.3 is 5.32 Å². The Morgan fingerprint density at radius 2 is 1.52 bits per heavy atom. The van der Waals surface area contributed by atoms with Crippen LogP contribution in [0.3, 0.4) is 0 Å². The zero-order valence-corrected chi connectivity index (χ0v) is 14.1. The average molecular weight is 368 g/mol. The first-order chi connectivity index (χ1) is 10.0. The molecule has 0 aliphatic heterocycles. The molecule has 0 heterocycles. The fourth-order valence-corrected chi connectivity index (χ4v) is 3.98. The van der Waals surface area contributed by atoms with E-state index in [-0.39, 0.29) is 6.04 Å². The van der Waals surface area contributed by atoms with Crippen molar-refractivity contribution in [2.75, 3.05) is 6.54 Å². The molecule has 5 heteroatoms. The van der Waals surface area contributed by atoms with Crippen molar-refractivity contribution in [3.05, 3.63) is 66.2 Å². The van der Waals surface area contributed by atoms with Crippen molar-refractivity contribution < 1.29 is 8.42 Å². The van der Waals surface area contributed by atoms with E-state index in [9.17, 15) is 8.42 Å². The van der Waals surface area contributed by atoms with Crippen molar-refractivity contribution in [2.24, 2.45) is 0 Å². The summed E-state index contributed by atoms with van der Waals surface area (Å²) in [5, 5.41) is 3.25. The number of alkyl halides is 1. The number of halogens is 1. The standard InChI is InChI=1S/C16H18BrNO2S/c1-13(14-8-4-2-5-9-14)18-12-16(17)21(19,20)15-10-6-3-7-11-15/h2-11,13,16,18H,12H2,1H3. The fourth-order valence-electron chi connectivity index (χ4n) is 2.00. The summed E-state index contributed by atoms with van der Waals surface area (Å²) in [7, 11) is -3.36. The van der Waals surface area contributed by atoms with E-state index in [4.69, 9.17) is 0 Å². The smallest absolute Gasteiger partial charge is 0.192 e. The van der Waals surface area contributed by atoms with E-state index in [1.54, 1.807) is 30.3 Å². The number of sulfone groups is 1. The van der Waals surface area contributed by atoms with E-state index in [0.717, 1.165) is 5.56 Å². The number of hydrogen-bond donors (Lipinski definition) is 1. The highest BCUT2D eigenvalue weighted by atomic mass is 79.9. The highest BCUT2D eigenvalue weighted by molar-refractivity contribution is 9.11. The third-order valence-electron chi connectivity index (χ3n) is 3.29. The van der Waals surface area contributed by atoms with Crippen LogP contribution >= 0.6 is 15.9 Å². The minimum absolute atomic E-state index is 0.0947. The van der Waals surface area contributed by atoms with Gasteiger partial charge in [0.05, 0.1) is 4.90 Å². The van der Waals surface area contributed by atoms with Gasteiger partial charge in [-0.05, 0) is 24.6 Å². The first-order valence-corrected chi connectivity index (χ1v) is 9.19. The monoisotopic (exact) mass is 367 g/mol. The van der Waals surface area contributed by atoms with Crippen LogP contribution in [-0.4, -0.2) is 19.1 Å². The van der Waals surface area contributed by atoms with Gasteiger partial charge in [-0.3, -0.25) is 0 Å². The molecule has 1 N–H and O–H groups in total. The van der Waals surface area contributed by atoms with Gasteiger partial charge >= 0.3 is 0 Å². The summed E-state index contributed by atoms with van der Waals surface area (Å²) in [5.41, 5.74) is 1.13. The summed E-state index contributed by atoms with van der Waals surface area (Å²) in [6, 6.07) is 18.5. The number of nitrogens with one attached hydrogen (secondary N) is 1. The van der Waals surface area contributed by atoms with Crippen LogP contribution in [-0.2, 0) is 9.84 Å². The lowest BCUT2D eigenvalue weighted by atomic mass is 10.1. The third kappa shape index (κ3) is 4.15. The molecule has 2 aromatic rings. The van der Waals surface area contributed by atoms with Crippen molar-refractivity contribution in [1.82, 2.24) is 5.32 Å². The van der Waals surface area contributed by atoms with Crippen LogP contribution in [0.5, 0.6) is 0 Å². The molecule has 0 aliphatic rings. The van der Waals surface area contributed by atoms with Crippen molar-refractivity contribution in [2.45, 2.75) is 22.0 Å². The molecule has 2 atom stereocenters. The molecule has 2 aromatic carbocycles. The lowest BCUT2D eigenvalue weighted by Crippen LogP contribution is -2.31. The predicted octanol–water partition coefficient (Wildman–Crippen LogP) is 3.53. The molecule has 0 amide bonds. The van der Waals surface area contributed by atoms with Crippen LogP contribution in [0.15, 0.2) is 65.6 Å². The molecule has 0 aliphatic carbocycles. The zero-order valence-electron chi connectivity index (χ0n) is 11.7. The van der Waals surface area contributed by atoms with Gasteiger partial charge in [0.25, 0.3) is 0 Å². The van der Waals surface area contributed by atoms with Gasteiger partial charge in [-0.25, -0.2) is 8.42 Å². The molecule has 2 rings (SSSR count). The molecule has 2 unspecified atom stereocenters. The minimum Gasteiger partial charge on any atom is -0.308 e. The molecule has 0 spiro atoms. The Hall–Kier alpha value is -1.17. The largest absolute Gasteiger partial charge is 0.308 e. The SMILES string of the molecule is CC(NCC(Br)S(=O)(=O)c1ccccc1)c1ccccc1. The van der Waals surface area contributed by atoms with Crippen LogP contribution in [0.2, 0.25) is 0 Å². The lowest BCUT2D eigenvalue weighted by molar-refractivity contribution is 0.566. The first kappa shape index (κ1) is 16.2. The van der Waals surface area contributed by atoms with E-state index < -0.39 is 14.0 Å². The second-order valence-corrected chi connectivity index (χ2v) is 8.65. The quantitative estimate of drug-likeness (QED) is 0.794. The van der Waals surface area contributed by atoms with Crippen LogP contribution in [0.25, 0.3) is 0 Å². The van der Waals surface area contributed by atoms with E-state index in [2.05, 4.69) is 21.2 Å². The van der Waals surface area contributed by atoms with Crippen LogP contribution in [0, 0.1) is 0 Å². The maximum atomic E-state index is 12.4. The number of rotatable bonds is 6. The topological polar surface area (TPSA) is 46.2 Å². The zero-order chi connectivity index (χ0) is 15.3. The molecule has 0 aromatic heterocycles. The van der Waals surface area contributed by atoms with Gasteiger partial charge in [-0.1, -0.05) is 64.5 Å². The Balaban J connectivity index is 2.00. The van der Waals surface area contributed by atoms with Crippen molar-refractivity contribution in [3.63, 3.8) is 0 Å². The summed E-state index contributed by atoms with van der Waals surface area (Å²) in [6.45, 7) is 2.36. The van der Waals surface area contributed by atoms with Gasteiger partial charge in [0, 0.05) is 12.6 Å². The normalized spacial score (nSPS) is 14.6. The summed E-state index contributed by atoms with van der Waals surface area (Å²) in [6.07, 6.45) is 0. The molecule has 0 radical (unpaired) electrons. The molecule has 21 heavy (non-hydrogen) atoms. The van der Waals surface area contributed by atoms with E-state index in [1.807, 2.05) is 37.3 Å². The van der Waals surface area contributed by atoms with Crippen LogP contribution in [0.1, 0.15) is 18.5 Å². The fraction of sp³-hybridized carbons (Fsp3) is 0.250. The third-order valence-corrected chi connectivity index (χ3v) is 6.86.